The quantitative estimate of drug-likeness (QED) is 0.646. The van der Waals surface area contributed by atoms with Crippen LogP contribution in [0, 0.1) is 11.8 Å². The summed E-state index contributed by atoms with van der Waals surface area (Å²) in [4.78, 5) is 15.4. The van der Waals surface area contributed by atoms with E-state index in [1.54, 1.807) is 13.1 Å². The van der Waals surface area contributed by atoms with Crippen molar-refractivity contribution < 1.29 is 9.90 Å². The number of aliphatic hydroxyl groups excluding tert-OH is 1. The number of aromatic nitrogens is 1. The number of aliphatic hydroxyl groups is 1. The summed E-state index contributed by atoms with van der Waals surface area (Å²) < 4.78 is 0. The van der Waals surface area contributed by atoms with Crippen molar-refractivity contribution in [3.05, 3.63) is 16.1 Å². The number of rotatable bonds is 3. The van der Waals surface area contributed by atoms with Gasteiger partial charge in [0.05, 0.1) is 11.5 Å². The Morgan fingerprint density at radius 1 is 1.73 bits per heavy atom. The zero-order valence-electron chi connectivity index (χ0n) is 8.32. The minimum atomic E-state index is 0.0134. The van der Waals surface area contributed by atoms with Crippen LogP contribution in [0.15, 0.2) is 6.20 Å². The predicted molar refractivity (Wildman–Crippen MR) is 62.7 cm³/mol. The third kappa shape index (κ3) is 4.98. The Labute approximate surface area is 96.9 Å². The van der Waals surface area contributed by atoms with Gasteiger partial charge >= 0.3 is 0 Å². The standard InChI is InChI=1S/C10H11NO2S2/c1-8(13)14-5-3-2-4-10-11-6-9(7-12)15-10/h6,12H,3,5,7H2,1H3. The molecule has 1 rings (SSSR count). The molecule has 1 aromatic rings. The van der Waals surface area contributed by atoms with Crippen molar-refractivity contribution in [2.45, 2.75) is 20.0 Å². The fourth-order valence-electron chi connectivity index (χ4n) is 0.822. The molecule has 0 saturated carbocycles. The Morgan fingerprint density at radius 3 is 3.13 bits per heavy atom. The smallest absolute Gasteiger partial charge is 0.185 e. The SMILES string of the molecule is CC(=O)SCCC#Cc1ncc(CO)s1. The number of thioether (sulfide) groups is 1. The van der Waals surface area contributed by atoms with Crippen molar-refractivity contribution in [3.8, 4) is 11.8 Å². The molecule has 3 nitrogen and oxygen atoms in total. The van der Waals surface area contributed by atoms with Gasteiger partial charge in [-0.2, -0.15) is 0 Å². The Hall–Kier alpha value is -0.830. The van der Waals surface area contributed by atoms with Crippen molar-refractivity contribution in [1.82, 2.24) is 4.98 Å². The fourth-order valence-corrected chi connectivity index (χ4v) is 1.96. The number of hydrogen-bond acceptors (Lipinski definition) is 5. The molecular formula is C10H11NO2S2. The number of nitrogens with zero attached hydrogens (tertiary/aromatic N) is 1. The molecule has 15 heavy (non-hydrogen) atoms. The molecule has 0 saturated heterocycles. The van der Waals surface area contributed by atoms with E-state index in [0.29, 0.717) is 11.4 Å². The average Bonchev–Trinajstić information content (AvgIpc) is 2.65. The summed E-state index contributed by atoms with van der Waals surface area (Å²) in [6, 6.07) is 0. The lowest BCUT2D eigenvalue weighted by Gasteiger charge is -1.87. The van der Waals surface area contributed by atoms with E-state index in [2.05, 4.69) is 16.8 Å². The minimum absolute atomic E-state index is 0.0134. The van der Waals surface area contributed by atoms with Crippen LogP contribution < -0.4 is 0 Å². The van der Waals surface area contributed by atoms with Crippen LogP contribution in [0.1, 0.15) is 23.2 Å². The molecule has 80 valence electrons. The maximum absolute atomic E-state index is 10.6. The van der Waals surface area contributed by atoms with Crippen LogP contribution in [-0.2, 0) is 11.4 Å². The number of carbonyl (C=O) groups is 1. The molecule has 0 atom stereocenters. The molecule has 0 unspecified atom stereocenters. The highest BCUT2D eigenvalue weighted by Gasteiger charge is 1.96. The third-order valence-electron chi connectivity index (χ3n) is 1.44. The van der Waals surface area contributed by atoms with Crippen LogP contribution in [0.5, 0.6) is 0 Å². The van der Waals surface area contributed by atoms with Crippen molar-refractivity contribution in [1.29, 1.82) is 0 Å². The molecule has 0 aromatic carbocycles. The molecule has 0 aliphatic heterocycles. The normalized spacial score (nSPS) is 9.47. The Morgan fingerprint density at radius 2 is 2.53 bits per heavy atom. The Balaban J connectivity index is 2.34. The summed E-state index contributed by atoms with van der Waals surface area (Å²) in [5, 5.41) is 9.64. The topological polar surface area (TPSA) is 50.2 Å². The van der Waals surface area contributed by atoms with Gasteiger partial charge in [-0.25, -0.2) is 4.98 Å². The first-order valence-corrected chi connectivity index (χ1v) is 6.20. The number of hydrogen-bond donors (Lipinski definition) is 1. The van der Waals surface area contributed by atoms with Crippen LogP contribution in [0.25, 0.3) is 0 Å². The highest BCUT2D eigenvalue weighted by molar-refractivity contribution is 8.13. The lowest BCUT2D eigenvalue weighted by Crippen LogP contribution is -1.83. The molecule has 0 spiro atoms. The Bertz CT molecular complexity index is 390. The molecule has 0 aliphatic carbocycles. The maximum Gasteiger partial charge on any atom is 0.185 e. The van der Waals surface area contributed by atoms with Crippen molar-refractivity contribution in [2.75, 3.05) is 5.75 Å². The van der Waals surface area contributed by atoms with E-state index in [9.17, 15) is 4.79 Å². The second-order valence-electron chi connectivity index (χ2n) is 2.68. The number of thiazole rings is 1. The van der Waals surface area contributed by atoms with E-state index in [1.165, 1.54) is 23.1 Å². The molecule has 1 heterocycles. The lowest BCUT2D eigenvalue weighted by atomic mass is 10.5. The van der Waals surface area contributed by atoms with Crippen LogP contribution in [0.2, 0.25) is 0 Å². The highest BCUT2D eigenvalue weighted by Crippen LogP contribution is 2.11. The molecule has 5 heteroatoms. The zero-order chi connectivity index (χ0) is 11.1. The summed E-state index contributed by atoms with van der Waals surface area (Å²) >= 11 is 2.67. The van der Waals surface area contributed by atoms with E-state index < -0.39 is 0 Å². The van der Waals surface area contributed by atoms with Gasteiger partial charge in [0.25, 0.3) is 0 Å². The van der Waals surface area contributed by atoms with Gasteiger partial charge in [-0.15, -0.1) is 11.3 Å². The number of carbonyl (C=O) groups excluding carboxylic acids is 1. The van der Waals surface area contributed by atoms with Crippen LogP contribution in [0.3, 0.4) is 0 Å². The van der Waals surface area contributed by atoms with Gasteiger partial charge in [-0.1, -0.05) is 17.7 Å². The first-order valence-electron chi connectivity index (χ1n) is 4.40. The molecule has 0 aliphatic rings. The second-order valence-corrected chi connectivity index (χ2v) is 5.07. The molecule has 0 amide bonds. The van der Waals surface area contributed by atoms with Gasteiger partial charge in [0.15, 0.2) is 10.1 Å². The average molecular weight is 241 g/mol. The van der Waals surface area contributed by atoms with Gasteiger partial charge in [0.1, 0.15) is 0 Å². The highest BCUT2D eigenvalue weighted by atomic mass is 32.2. The summed E-state index contributed by atoms with van der Waals surface area (Å²) in [6.45, 7) is 1.56. The summed E-state index contributed by atoms with van der Waals surface area (Å²) in [7, 11) is 0. The monoisotopic (exact) mass is 241 g/mol. The maximum atomic E-state index is 10.6. The second kappa shape index (κ2) is 6.62. The first-order chi connectivity index (χ1) is 7.22. The Kier molecular flexibility index (Phi) is 5.40. The van der Waals surface area contributed by atoms with E-state index in [4.69, 9.17) is 5.11 Å². The van der Waals surface area contributed by atoms with Crippen molar-refractivity contribution in [2.24, 2.45) is 0 Å². The molecule has 0 radical (unpaired) electrons. The van der Waals surface area contributed by atoms with Crippen LogP contribution in [0.4, 0.5) is 0 Å². The van der Waals surface area contributed by atoms with E-state index >= 15 is 0 Å². The molecule has 1 N–H and O–H groups in total. The van der Waals surface area contributed by atoms with Gasteiger partial charge in [-0.05, 0) is 5.92 Å². The van der Waals surface area contributed by atoms with Crippen LogP contribution in [-0.4, -0.2) is 21.0 Å². The fraction of sp³-hybridized carbons (Fsp3) is 0.400. The molecule has 0 fully saturated rings. The van der Waals surface area contributed by atoms with E-state index in [1.807, 2.05) is 0 Å². The van der Waals surface area contributed by atoms with Gasteiger partial charge in [0, 0.05) is 25.3 Å². The first kappa shape index (κ1) is 12.2. The summed E-state index contributed by atoms with van der Waals surface area (Å²) in [5.41, 5.74) is 0. The van der Waals surface area contributed by atoms with Crippen molar-refractivity contribution in [3.63, 3.8) is 0 Å². The van der Waals surface area contributed by atoms with E-state index in [-0.39, 0.29) is 11.7 Å². The predicted octanol–water partition coefficient (Wildman–Crippen LogP) is 1.66. The third-order valence-corrected chi connectivity index (χ3v) is 3.15. The van der Waals surface area contributed by atoms with Crippen molar-refractivity contribution >= 4 is 28.2 Å². The lowest BCUT2D eigenvalue weighted by molar-refractivity contribution is -0.109. The molecule has 0 bridgehead atoms. The minimum Gasteiger partial charge on any atom is -0.391 e. The summed E-state index contributed by atoms with van der Waals surface area (Å²) in [5.74, 6) is 6.56. The largest absolute Gasteiger partial charge is 0.391 e. The van der Waals surface area contributed by atoms with Gasteiger partial charge in [0.2, 0.25) is 0 Å². The van der Waals surface area contributed by atoms with Crippen LogP contribution >= 0.6 is 23.1 Å². The van der Waals surface area contributed by atoms with Gasteiger partial charge in [-0.3, -0.25) is 4.79 Å². The summed E-state index contributed by atoms with van der Waals surface area (Å²) in [6.07, 6.45) is 2.30. The van der Waals surface area contributed by atoms with E-state index in [0.717, 1.165) is 10.6 Å². The molecular weight excluding hydrogens is 230 g/mol. The van der Waals surface area contributed by atoms with Gasteiger partial charge < -0.3 is 5.11 Å². The zero-order valence-corrected chi connectivity index (χ0v) is 9.95. The molecule has 1 aromatic heterocycles.